The van der Waals surface area contributed by atoms with E-state index in [-0.39, 0.29) is 23.4 Å². The number of benzene rings is 2. The third kappa shape index (κ3) is 8.26. The van der Waals surface area contributed by atoms with Gasteiger partial charge in [0.1, 0.15) is 24.7 Å². The van der Waals surface area contributed by atoms with Gasteiger partial charge in [0.05, 0.1) is 17.5 Å². The Labute approximate surface area is 275 Å². The predicted molar refractivity (Wildman–Crippen MR) is 163 cm³/mol. The number of nitrogens with one attached hydrogen (secondary N) is 2. The van der Waals surface area contributed by atoms with Gasteiger partial charge in [-0.25, -0.2) is 9.48 Å². The average Bonchev–Trinajstić information content (AvgIpc) is 3.70. The number of alkyl halides is 3. The fraction of sp³-hybridized carbons (Fsp3) is 0.355. The number of halogens is 3. The lowest BCUT2D eigenvalue weighted by Crippen LogP contribution is -2.60. The highest BCUT2D eigenvalue weighted by atomic mass is 32.2. The number of thioether (sulfide) groups is 1. The Morgan fingerprint density at radius 1 is 1.04 bits per heavy atom. The fourth-order valence-corrected chi connectivity index (χ4v) is 6.66. The smallest absolute Gasteiger partial charge is 0.435 e. The number of aromatic nitrogens is 2. The highest BCUT2D eigenvalue weighted by Crippen LogP contribution is 2.37. The van der Waals surface area contributed by atoms with Crippen LogP contribution in [-0.2, 0) is 36.7 Å². The number of fused-ring (bicyclic) bond motifs is 1. The SMILES string of the molecule is O=C(O)C[C@H](NC(=O)[C@@H]1CS[C@H]2CC[C@H](NC(=O)OCc3ccccc3)C(=O)N21)C(=O)COc1cc(C(F)(F)F)nn1-c1ccccc1. The third-order valence-electron chi connectivity index (χ3n) is 7.57. The molecular formula is C31H30F3N5O8S. The van der Waals surface area contributed by atoms with Crippen molar-refractivity contribution in [1.29, 1.82) is 0 Å². The van der Waals surface area contributed by atoms with Gasteiger partial charge in [-0.3, -0.25) is 19.2 Å². The zero-order valence-corrected chi connectivity index (χ0v) is 25.9. The van der Waals surface area contributed by atoms with Gasteiger partial charge in [0.15, 0.2) is 18.1 Å². The van der Waals surface area contributed by atoms with Crippen LogP contribution in [0.2, 0.25) is 0 Å². The van der Waals surface area contributed by atoms with E-state index in [1.165, 1.54) is 28.8 Å². The summed E-state index contributed by atoms with van der Waals surface area (Å²) in [5.41, 5.74) is -0.317. The number of carbonyl (C=O) groups is 5. The number of carboxylic acid groups (broad SMARTS) is 1. The van der Waals surface area contributed by atoms with Crippen molar-refractivity contribution in [1.82, 2.24) is 25.3 Å². The second-order valence-electron chi connectivity index (χ2n) is 10.9. The van der Waals surface area contributed by atoms with E-state index in [2.05, 4.69) is 15.7 Å². The maximum absolute atomic E-state index is 13.4. The lowest BCUT2D eigenvalue weighted by Gasteiger charge is -2.37. The summed E-state index contributed by atoms with van der Waals surface area (Å²) < 4.78 is 51.7. The van der Waals surface area contributed by atoms with Crippen molar-refractivity contribution < 1.29 is 51.7 Å². The number of Topliss-reactive ketones (excluding diaryl/α,β-unsaturated/α-hetero) is 1. The number of piperidine rings is 1. The first kappa shape index (κ1) is 34.3. The number of alkyl carbamates (subject to hydrolysis) is 1. The molecule has 13 nitrogen and oxygen atoms in total. The first-order chi connectivity index (χ1) is 22.9. The van der Waals surface area contributed by atoms with E-state index in [1.54, 1.807) is 42.5 Å². The van der Waals surface area contributed by atoms with Crippen LogP contribution >= 0.6 is 11.8 Å². The van der Waals surface area contributed by atoms with E-state index in [4.69, 9.17) is 9.47 Å². The molecule has 3 amide bonds. The molecule has 3 aromatic rings. The molecule has 17 heteroatoms. The maximum atomic E-state index is 13.4. The first-order valence-electron chi connectivity index (χ1n) is 14.7. The molecule has 5 rings (SSSR count). The summed E-state index contributed by atoms with van der Waals surface area (Å²) in [5.74, 6) is -4.00. The largest absolute Gasteiger partial charge is 0.481 e. The number of para-hydroxylation sites is 1. The van der Waals surface area contributed by atoms with Crippen molar-refractivity contribution >= 4 is 41.4 Å². The summed E-state index contributed by atoms with van der Waals surface area (Å²) in [5, 5.41) is 17.5. The third-order valence-corrected chi connectivity index (χ3v) is 8.92. The van der Waals surface area contributed by atoms with Crippen molar-refractivity contribution in [3.63, 3.8) is 0 Å². The molecule has 4 atom stereocenters. The Hall–Kier alpha value is -5.06. The molecule has 1 aromatic heterocycles. The minimum atomic E-state index is -4.82. The molecule has 2 saturated heterocycles. The predicted octanol–water partition coefficient (Wildman–Crippen LogP) is 3.16. The zero-order chi connectivity index (χ0) is 34.4. The van der Waals surface area contributed by atoms with Gasteiger partial charge in [0.2, 0.25) is 17.7 Å². The van der Waals surface area contributed by atoms with E-state index in [1.807, 2.05) is 6.07 Å². The Balaban J connectivity index is 1.23. The van der Waals surface area contributed by atoms with Crippen LogP contribution in [-0.4, -0.2) is 85.3 Å². The standard InChI is InChI=1S/C31H30F3N5O8S/c32-31(33,34)24-14-25(39(37-24)19-9-5-2-6-10-19)46-16-23(40)21(13-27(41)42)35-28(43)22-17-48-26-12-11-20(29(44)38(22)26)36-30(45)47-15-18-7-3-1-4-8-18/h1-10,14,20-22,26H,11-13,15-17H2,(H,35,43)(H,36,45)(H,41,42)/t20-,21-,22-,26-/m0/s1. The molecule has 2 aromatic carbocycles. The normalized spacial score (nSPS) is 19.6. The lowest BCUT2D eigenvalue weighted by molar-refractivity contribution is -0.145. The van der Waals surface area contributed by atoms with E-state index < -0.39 is 78.6 Å². The van der Waals surface area contributed by atoms with Crippen LogP contribution in [0.4, 0.5) is 18.0 Å². The molecule has 3 heterocycles. The molecule has 0 saturated carbocycles. The number of ether oxygens (including phenoxy) is 2. The van der Waals surface area contributed by atoms with Gasteiger partial charge in [-0.2, -0.15) is 18.3 Å². The van der Waals surface area contributed by atoms with Crippen LogP contribution in [0.15, 0.2) is 66.7 Å². The first-order valence-corrected chi connectivity index (χ1v) is 15.8. The van der Waals surface area contributed by atoms with Gasteiger partial charge in [-0.05, 0) is 30.5 Å². The summed E-state index contributed by atoms with van der Waals surface area (Å²) in [6.45, 7) is -0.905. The van der Waals surface area contributed by atoms with Crippen molar-refractivity contribution in [2.45, 2.75) is 55.5 Å². The van der Waals surface area contributed by atoms with Crippen LogP contribution in [0.25, 0.3) is 5.69 Å². The van der Waals surface area contributed by atoms with E-state index in [9.17, 15) is 42.3 Å². The summed E-state index contributed by atoms with van der Waals surface area (Å²) in [6, 6.07) is 13.5. The number of hydrogen-bond acceptors (Lipinski definition) is 9. The average molecular weight is 690 g/mol. The molecule has 2 aliphatic rings. The van der Waals surface area contributed by atoms with Crippen LogP contribution < -0.4 is 15.4 Å². The van der Waals surface area contributed by atoms with Gasteiger partial charge in [0, 0.05) is 11.8 Å². The maximum Gasteiger partial charge on any atom is 0.435 e. The topological polar surface area (TPSA) is 169 Å². The summed E-state index contributed by atoms with van der Waals surface area (Å²) in [7, 11) is 0. The van der Waals surface area contributed by atoms with Crippen molar-refractivity contribution in [2.24, 2.45) is 0 Å². The number of carbonyl (C=O) groups excluding carboxylic acids is 4. The molecule has 0 aliphatic carbocycles. The highest BCUT2D eigenvalue weighted by Gasteiger charge is 2.47. The van der Waals surface area contributed by atoms with Crippen LogP contribution in [0.1, 0.15) is 30.5 Å². The van der Waals surface area contributed by atoms with E-state index >= 15 is 0 Å². The summed E-state index contributed by atoms with van der Waals surface area (Å²) >= 11 is 1.33. The van der Waals surface area contributed by atoms with Gasteiger partial charge in [0.25, 0.3) is 0 Å². The summed E-state index contributed by atoms with van der Waals surface area (Å²) in [6.07, 6.45) is -5.73. The summed E-state index contributed by atoms with van der Waals surface area (Å²) in [4.78, 5) is 65.3. The fourth-order valence-electron chi connectivity index (χ4n) is 5.23. The molecular weight excluding hydrogens is 659 g/mol. The van der Waals surface area contributed by atoms with Gasteiger partial charge >= 0.3 is 18.2 Å². The van der Waals surface area contributed by atoms with Gasteiger partial charge in [-0.1, -0.05) is 48.5 Å². The number of hydrogen-bond donors (Lipinski definition) is 3. The lowest BCUT2D eigenvalue weighted by atomic mass is 10.0. The molecule has 254 valence electrons. The van der Waals surface area contributed by atoms with Crippen molar-refractivity contribution in [3.8, 4) is 11.6 Å². The monoisotopic (exact) mass is 689 g/mol. The molecule has 0 spiro atoms. The minimum absolute atomic E-state index is 0.0123. The van der Waals surface area contributed by atoms with Gasteiger partial charge < -0.3 is 30.1 Å². The van der Waals surface area contributed by atoms with Crippen LogP contribution in [0, 0.1) is 0 Å². The number of rotatable bonds is 12. The number of aliphatic carboxylic acids is 1. The van der Waals surface area contributed by atoms with Crippen molar-refractivity contribution in [3.05, 3.63) is 78.0 Å². The quantitative estimate of drug-likeness (QED) is 0.257. The number of ketones is 1. The van der Waals surface area contributed by atoms with Crippen molar-refractivity contribution in [2.75, 3.05) is 12.4 Å². The Morgan fingerprint density at radius 3 is 2.40 bits per heavy atom. The van der Waals surface area contributed by atoms with Crippen LogP contribution in [0.3, 0.4) is 0 Å². The minimum Gasteiger partial charge on any atom is -0.481 e. The molecule has 0 radical (unpaired) electrons. The Morgan fingerprint density at radius 2 is 1.73 bits per heavy atom. The Bertz CT molecular complexity index is 1660. The number of nitrogens with zero attached hydrogens (tertiary/aromatic N) is 3. The van der Waals surface area contributed by atoms with Gasteiger partial charge in [-0.15, -0.1) is 11.8 Å². The zero-order valence-electron chi connectivity index (χ0n) is 25.1. The molecule has 3 N–H and O–H groups in total. The molecule has 2 fully saturated rings. The molecule has 0 bridgehead atoms. The Kier molecular flexibility index (Phi) is 10.6. The molecule has 0 unspecified atom stereocenters. The van der Waals surface area contributed by atoms with E-state index in [0.29, 0.717) is 18.9 Å². The van der Waals surface area contributed by atoms with E-state index in [0.717, 1.165) is 10.2 Å². The second-order valence-corrected chi connectivity index (χ2v) is 12.1. The number of carboxylic acids is 1. The van der Waals surface area contributed by atoms with Crippen LogP contribution in [0.5, 0.6) is 5.88 Å². The second kappa shape index (κ2) is 14.8. The highest BCUT2D eigenvalue weighted by molar-refractivity contribution is 8.00. The molecule has 2 aliphatic heterocycles. The number of amides is 3. The molecule has 48 heavy (non-hydrogen) atoms.